The standard InChI is InChI=1S/C11H7F2NO2/c12-7-3-1-4-8(13)10(7)11(15)16-9-5-2-6-14-9/h1-6,14H. The SMILES string of the molecule is O=C(Oc1ccc[nH]1)c1c(F)cccc1F. The van der Waals surface area contributed by atoms with Crippen LogP contribution in [-0.2, 0) is 0 Å². The van der Waals surface area contributed by atoms with E-state index >= 15 is 0 Å². The van der Waals surface area contributed by atoms with Crippen LogP contribution in [0.2, 0.25) is 0 Å². The molecule has 0 aliphatic heterocycles. The van der Waals surface area contributed by atoms with Gasteiger partial charge in [-0.15, -0.1) is 0 Å². The zero-order valence-corrected chi connectivity index (χ0v) is 8.04. The second kappa shape index (κ2) is 4.14. The number of H-pyrrole nitrogens is 1. The molecule has 0 aliphatic carbocycles. The summed E-state index contributed by atoms with van der Waals surface area (Å²) in [5.41, 5.74) is -0.697. The molecule has 0 unspecified atom stereocenters. The van der Waals surface area contributed by atoms with Crippen LogP contribution in [0.4, 0.5) is 8.78 Å². The summed E-state index contributed by atoms with van der Waals surface area (Å²) in [5, 5.41) is 0. The molecule has 0 aliphatic rings. The number of halogens is 2. The first kappa shape index (κ1) is 10.4. The number of hydrogen-bond donors (Lipinski definition) is 1. The molecule has 1 N–H and O–H groups in total. The summed E-state index contributed by atoms with van der Waals surface area (Å²) >= 11 is 0. The minimum absolute atomic E-state index is 0.132. The van der Waals surface area contributed by atoms with Gasteiger partial charge in [-0.1, -0.05) is 6.07 Å². The highest BCUT2D eigenvalue weighted by molar-refractivity contribution is 5.91. The highest BCUT2D eigenvalue weighted by Crippen LogP contribution is 2.15. The van der Waals surface area contributed by atoms with Gasteiger partial charge >= 0.3 is 5.97 Å². The van der Waals surface area contributed by atoms with Crippen molar-refractivity contribution in [3.8, 4) is 5.88 Å². The van der Waals surface area contributed by atoms with Gasteiger partial charge in [0.2, 0.25) is 5.88 Å². The Morgan fingerprint density at radius 2 is 1.81 bits per heavy atom. The molecule has 2 aromatic rings. The van der Waals surface area contributed by atoms with Crippen molar-refractivity contribution in [1.29, 1.82) is 0 Å². The third-order valence-electron chi connectivity index (χ3n) is 1.94. The van der Waals surface area contributed by atoms with E-state index in [1.54, 1.807) is 6.07 Å². The fourth-order valence-electron chi connectivity index (χ4n) is 1.22. The molecule has 0 radical (unpaired) electrons. The molecule has 16 heavy (non-hydrogen) atoms. The zero-order valence-electron chi connectivity index (χ0n) is 8.04. The second-order valence-electron chi connectivity index (χ2n) is 3.02. The molecule has 0 saturated heterocycles. The van der Waals surface area contributed by atoms with Gasteiger partial charge in [0.1, 0.15) is 17.2 Å². The van der Waals surface area contributed by atoms with Gasteiger partial charge in [-0.05, 0) is 18.2 Å². The van der Waals surface area contributed by atoms with Crippen molar-refractivity contribution < 1.29 is 18.3 Å². The third kappa shape index (κ3) is 1.93. The quantitative estimate of drug-likeness (QED) is 0.795. The Kier molecular flexibility index (Phi) is 2.68. The molecule has 2 rings (SSSR count). The Bertz CT molecular complexity index is 488. The van der Waals surface area contributed by atoms with Crippen LogP contribution in [0, 0.1) is 11.6 Å². The third-order valence-corrected chi connectivity index (χ3v) is 1.94. The number of carbonyl (C=O) groups is 1. The van der Waals surface area contributed by atoms with Crippen molar-refractivity contribution in [1.82, 2.24) is 4.98 Å². The number of carbonyl (C=O) groups excluding carboxylic acids is 1. The monoisotopic (exact) mass is 223 g/mol. The van der Waals surface area contributed by atoms with Gasteiger partial charge in [0.25, 0.3) is 0 Å². The largest absolute Gasteiger partial charge is 0.406 e. The van der Waals surface area contributed by atoms with E-state index in [1.165, 1.54) is 18.3 Å². The number of rotatable bonds is 2. The highest BCUT2D eigenvalue weighted by atomic mass is 19.1. The van der Waals surface area contributed by atoms with Gasteiger partial charge < -0.3 is 9.72 Å². The summed E-state index contributed by atoms with van der Waals surface area (Å²) in [6, 6.07) is 6.23. The van der Waals surface area contributed by atoms with Crippen LogP contribution in [0.1, 0.15) is 10.4 Å². The summed E-state index contributed by atoms with van der Waals surface area (Å²) in [6.45, 7) is 0. The van der Waals surface area contributed by atoms with Crippen LogP contribution in [-0.4, -0.2) is 11.0 Å². The van der Waals surface area contributed by atoms with Crippen molar-refractivity contribution in [3.05, 3.63) is 53.7 Å². The van der Waals surface area contributed by atoms with Crippen LogP contribution in [0.3, 0.4) is 0 Å². The van der Waals surface area contributed by atoms with Crippen LogP contribution >= 0.6 is 0 Å². The van der Waals surface area contributed by atoms with Gasteiger partial charge in [0.05, 0.1) is 0 Å². The van der Waals surface area contributed by atoms with Gasteiger partial charge in [-0.25, -0.2) is 13.6 Å². The van der Waals surface area contributed by atoms with E-state index in [-0.39, 0.29) is 5.88 Å². The van der Waals surface area contributed by atoms with Gasteiger partial charge in [-0.3, -0.25) is 0 Å². The van der Waals surface area contributed by atoms with Gasteiger partial charge in [-0.2, -0.15) is 0 Å². The highest BCUT2D eigenvalue weighted by Gasteiger charge is 2.19. The van der Waals surface area contributed by atoms with Crippen molar-refractivity contribution in [2.24, 2.45) is 0 Å². The van der Waals surface area contributed by atoms with E-state index in [4.69, 9.17) is 4.74 Å². The topological polar surface area (TPSA) is 42.1 Å². The fourth-order valence-corrected chi connectivity index (χ4v) is 1.22. The lowest BCUT2D eigenvalue weighted by Crippen LogP contribution is -2.13. The number of aromatic amines is 1. The minimum Gasteiger partial charge on any atom is -0.406 e. The molecule has 0 saturated carbocycles. The molecule has 1 heterocycles. The Morgan fingerprint density at radius 3 is 2.38 bits per heavy atom. The zero-order chi connectivity index (χ0) is 11.5. The number of ether oxygens (including phenoxy) is 1. The van der Waals surface area contributed by atoms with E-state index in [0.717, 1.165) is 12.1 Å². The molecule has 0 atom stereocenters. The first-order valence-corrected chi connectivity index (χ1v) is 4.48. The number of esters is 1. The molecule has 0 bridgehead atoms. The maximum absolute atomic E-state index is 13.2. The second-order valence-corrected chi connectivity index (χ2v) is 3.02. The molecule has 1 aromatic carbocycles. The molecule has 0 amide bonds. The molecule has 0 fully saturated rings. The van der Waals surface area contributed by atoms with Crippen molar-refractivity contribution in [2.45, 2.75) is 0 Å². The first-order valence-electron chi connectivity index (χ1n) is 4.48. The number of aromatic nitrogens is 1. The first-order chi connectivity index (χ1) is 7.68. The Labute approximate surface area is 89.7 Å². The number of nitrogens with one attached hydrogen (secondary N) is 1. The van der Waals surface area contributed by atoms with E-state index in [2.05, 4.69) is 4.98 Å². The minimum atomic E-state index is -1.07. The summed E-state index contributed by atoms with van der Waals surface area (Å²) < 4.78 is 31.1. The molecule has 5 heteroatoms. The summed E-state index contributed by atoms with van der Waals surface area (Å²) in [5.74, 6) is -2.83. The maximum atomic E-state index is 13.2. The lowest BCUT2D eigenvalue weighted by molar-refractivity contribution is 0.0718. The summed E-state index contributed by atoms with van der Waals surface area (Å²) in [6.07, 6.45) is 1.53. The molecular weight excluding hydrogens is 216 g/mol. The Morgan fingerprint density at radius 1 is 1.12 bits per heavy atom. The molecule has 82 valence electrons. The fraction of sp³-hybridized carbons (Fsp3) is 0. The molecule has 3 nitrogen and oxygen atoms in total. The average molecular weight is 223 g/mol. The molecule has 1 aromatic heterocycles. The predicted octanol–water partition coefficient (Wildman–Crippen LogP) is 2.51. The normalized spacial score (nSPS) is 10.1. The van der Waals surface area contributed by atoms with Crippen molar-refractivity contribution >= 4 is 5.97 Å². The molecular formula is C11H7F2NO2. The maximum Gasteiger partial charge on any atom is 0.350 e. The average Bonchev–Trinajstić information content (AvgIpc) is 2.70. The van der Waals surface area contributed by atoms with Crippen LogP contribution in [0.15, 0.2) is 36.5 Å². The van der Waals surface area contributed by atoms with Gasteiger partial charge in [0.15, 0.2) is 0 Å². The van der Waals surface area contributed by atoms with Crippen molar-refractivity contribution in [3.63, 3.8) is 0 Å². The predicted molar refractivity (Wildman–Crippen MR) is 52.1 cm³/mol. The van der Waals surface area contributed by atoms with E-state index in [0.29, 0.717) is 0 Å². The smallest absolute Gasteiger partial charge is 0.350 e. The van der Waals surface area contributed by atoms with Crippen molar-refractivity contribution in [2.75, 3.05) is 0 Å². The Balaban J connectivity index is 2.28. The number of hydrogen-bond acceptors (Lipinski definition) is 2. The van der Waals surface area contributed by atoms with E-state index in [9.17, 15) is 13.6 Å². The lowest BCUT2D eigenvalue weighted by Gasteiger charge is -2.03. The summed E-state index contributed by atoms with van der Waals surface area (Å²) in [4.78, 5) is 14.0. The van der Waals surface area contributed by atoms with E-state index < -0.39 is 23.2 Å². The molecule has 0 spiro atoms. The van der Waals surface area contributed by atoms with Gasteiger partial charge in [0, 0.05) is 12.3 Å². The van der Waals surface area contributed by atoms with Crippen LogP contribution in [0.25, 0.3) is 0 Å². The van der Waals surface area contributed by atoms with Crippen LogP contribution in [0.5, 0.6) is 5.88 Å². The Hall–Kier alpha value is -2.17. The number of benzene rings is 1. The lowest BCUT2D eigenvalue weighted by atomic mass is 10.2. The van der Waals surface area contributed by atoms with E-state index in [1.807, 2.05) is 0 Å². The summed E-state index contributed by atoms with van der Waals surface area (Å²) in [7, 11) is 0. The van der Waals surface area contributed by atoms with Crippen LogP contribution < -0.4 is 4.74 Å².